The molecule has 0 aliphatic heterocycles. The first-order valence-corrected chi connectivity index (χ1v) is 4.92. The number of nitriles is 1. The lowest BCUT2D eigenvalue weighted by Gasteiger charge is -2.05. The molecule has 0 N–H and O–H groups in total. The number of unbranched alkanes of at least 4 members (excludes halogenated alkanes) is 1. The van der Waals surface area contributed by atoms with Crippen molar-refractivity contribution < 1.29 is 14.5 Å². The molecular weight excluding hydrogens is 224 g/mol. The zero-order chi connectivity index (χ0) is 12.7. The van der Waals surface area contributed by atoms with Crippen molar-refractivity contribution in [3.05, 3.63) is 33.9 Å². The van der Waals surface area contributed by atoms with E-state index in [-0.39, 0.29) is 18.0 Å². The number of hydrogen-bond acceptors (Lipinski definition) is 5. The number of nitro benzene ring substituents is 1. The summed E-state index contributed by atoms with van der Waals surface area (Å²) in [7, 11) is 0. The lowest BCUT2D eigenvalue weighted by molar-refractivity contribution is -0.385. The average molecular weight is 234 g/mol. The Bertz CT molecular complexity index is 465. The number of carbonyl (C=O) groups excluding carboxylic acids is 1. The molecule has 0 amide bonds. The average Bonchev–Trinajstić information content (AvgIpc) is 2.34. The van der Waals surface area contributed by atoms with Crippen molar-refractivity contribution in [3.63, 3.8) is 0 Å². The van der Waals surface area contributed by atoms with E-state index in [4.69, 9.17) is 10.00 Å². The molecule has 1 aromatic rings. The minimum atomic E-state index is -0.575. The van der Waals surface area contributed by atoms with E-state index >= 15 is 0 Å². The Morgan fingerprint density at radius 1 is 1.53 bits per heavy atom. The Balaban J connectivity index is 2.82. The third-order valence-corrected chi connectivity index (χ3v) is 2.01. The van der Waals surface area contributed by atoms with Crippen molar-refractivity contribution >= 4 is 12.0 Å². The summed E-state index contributed by atoms with van der Waals surface area (Å²) >= 11 is 0. The van der Waals surface area contributed by atoms with Crippen LogP contribution in [0.1, 0.15) is 23.2 Å². The highest BCUT2D eigenvalue weighted by molar-refractivity contribution is 5.76. The lowest BCUT2D eigenvalue weighted by atomic mass is 10.2. The van der Waals surface area contributed by atoms with Crippen molar-refractivity contribution in [1.82, 2.24) is 0 Å². The van der Waals surface area contributed by atoms with Gasteiger partial charge >= 0.3 is 5.69 Å². The quantitative estimate of drug-likeness (QED) is 0.325. The normalized spacial score (nSPS) is 9.35. The number of ether oxygens (including phenoxy) is 1. The summed E-state index contributed by atoms with van der Waals surface area (Å²) in [5.74, 6) is 0.0533. The van der Waals surface area contributed by atoms with Crippen molar-refractivity contribution in [2.45, 2.75) is 12.8 Å². The van der Waals surface area contributed by atoms with Crippen LogP contribution in [-0.4, -0.2) is 17.8 Å². The molecule has 0 heterocycles. The molecule has 0 fully saturated rings. The van der Waals surface area contributed by atoms with Crippen LogP contribution in [0, 0.1) is 21.4 Å². The summed E-state index contributed by atoms with van der Waals surface area (Å²) in [5, 5.41) is 19.0. The Hall–Kier alpha value is -2.42. The molecule has 1 aromatic carbocycles. The molecule has 0 atom stereocenters. The maximum atomic E-state index is 10.7. The fraction of sp³-hybridized carbons (Fsp3) is 0.273. The van der Waals surface area contributed by atoms with E-state index in [1.165, 1.54) is 18.2 Å². The number of nitrogens with zero attached hydrogens (tertiary/aromatic N) is 2. The number of benzene rings is 1. The van der Waals surface area contributed by atoms with E-state index in [0.29, 0.717) is 24.7 Å². The molecule has 0 spiro atoms. The van der Waals surface area contributed by atoms with Crippen LogP contribution in [0.4, 0.5) is 5.69 Å². The molecule has 0 bridgehead atoms. The van der Waals surface area contributed by atoms with Crippen molar-refractivity contribution in [3.8, 4) is 11.8 Å². The van der Waals surface area contributed by atoms with Crippen LogP contribution in [0.25, 0.3) is 0 Å². The van der Waals surface area contributed by atoms with Gasteiger partial charge < -0.3 is 4.74 Å². The van der Waals surface area contributed by atoms with E-state index in [0.717, 1.165) is 0 Å². The molecule has 6 heteroatoms. The van der Waals surface area contributed by atoms with Crippen molar-refractivity contribution in [2.75, 3.05) is 6.61 Å². The molecule has 0 unspecified atom stereocenters. The second kappa shape index (κ2) is 6.23. The summed E-state index contributed by atoms with van der Waals surface area (Å²) in [4.78, 5) is 20.7. The van der Waals surface area contributed by atoms with Crippen LogP contribution in [0.3, 0.4) is 0 Å². The van der Waals surface area contributed by atoms with Crippen LogP contribution in [0.5, 0.6) is 5.75 Å². The molecule has 17 heavy (non-hydrogen) atoms. The van der Waals surface area contributed by atoms with E-state index in [1.54, 1.807) is 0 Å². The van der Waals surface area contributed by atoms with Gasteiger partial charge in [0.15, 0.2) is 5.75 Å². The predicted octanol–water partition coefficient (Wildman–Crippen LogP) is 2.09. The second-order valence-electron chi connectivity index (χ2n) is 3.21. The van der Waals surface area contributed by atoms with Crippen molar-refractivity contribution in [2.24, 2.45) is 0 Å². The molecule has 1 rings (SSSR count). The van der Waals surface area contributed by atoms with Gasteiger partial charge in [-0.05, 0) is 18.6 Å². The molecule has 6 nitrogen and oxygen atoms in total. The van der Waals surface area contributed by atoms with Crippen LogP contribution in [0.15, 0.2) is 18.2 Å². The van der Waals surface area contributed by atoms with E-state index < -0.39 is 4.92 Å². The van der Waals surface area contributed by atoms with Crippen LogP contribution in [-0.2, 0) is 0 Å². The Morgan fingerprint density at radius 2 is 2.29 bits per heavy atom. The molecule has 0 aliphatic carbocycles. The molecular formula is C11H10N2O4. The zero-order valence-corrected chi connectivity index (χ0v) is 8.96. The highest BCUT2D eigenvalue weighted by atomic mass is 16.6. The molecule has 0 aliphatic rings. The molecule has 0 saturated heterocycles. The van der Waals surface area contributed by atoms with Gasteiger partial charge in [0.25, 0.3) is 0 Å². The maximum Gasteiger partial charge on any atom is 0.310 e. The topological polar surface area (TPSA) is 93.2 Å². The van der Waals surface area contributed by atoms with Crippen LogP contribution >= 0.6 is 0 Å². The third-order valence-electron chi connectivity index (χ3n) is 2.01. The summed E-state index contributed by atoms with van der Waals surface area (Å²) in [5.41, 5.74) is 0.124. The van der Waals surface area contributed by atoms with Gasteiger partial charge in [-0.2, -0.15) is 5.26 Å². The standard InChI is InChI=1S/C11H10N2O4/c12-5-1-2-6-17-11-7-9(8-14)3-4-10(11)13(15)16/h3-4,7-8H,1-2,6H2. The largest absolute Gasteiger partial charge is 0.487 e. The molecule has 0 aromatic heterocycles. The number of nitro groups is 1. The number of hydrogen-bond donors (Lipinski definition) is 0. The van der Waals surface area contributed by atoms with E-state index in [9.17, 15) is 14.9 Å². The Labute approximate surface area is 97.6 Å². The number of carbonyl (C=O) groups is 1. The fourth-order valence-electron chi connectivity index (χ4n) is 1.20. The first-order chi connectivity index (χ1) is 8.19. The van der Waals surface area contributed by atoms with E-state index in [2.05, 4.69) is 0 Å². The maximum absolute atomic E-state index is 10.7. The lowest BCUT2D eigenvalue weighted by Crippen LogP contribution is -2.01. The van der Waals surface area contributed by atoms with Gasteiger partial charge in [0.05, 0.1) is 17.6 Å². The molecule has 0 saturated carbocycles. The Morgan fingerprint density at radius 3 is 2.88 bits per heavy atom. The van der Waals surface area contributed by atoms with Gasteiger partial charge in [-0.15, -0.1) is 0 Å². The van der Waals surface area contributed by atoms with Crippen LogP contribution < -0.4 is 4.74 Å². The van der Waals surface area contributed by atoms with Gasteiger partial charge in [-0.1, -0.05) is 0 Å². The van der Waals surface area contributed by atoms with Gasteiger partial charge in [-0.25, -0.2) is 0 Å². The predicted molar refractivity (Wildman–Crippen MR) is 58.8 cm³/mol. The smallest absolute Gasteiger partial charge is 0.310 e. The van der Waals surface area contributed by atoms with Gasteiger partial charge in [0.2, 0.25) is 0 Å². The summed E-state index contributed by atoms with van der Waals surface area (Å²) in [6, 6.07) is 5.84. The minimum Gasteiger partial charge on any atom is -0.487 e. The summed E-state index contributed by atoms with van der Waals surface area (Å²) in [6.07, 6.45) is 1.39. The third kappa shape index (κ3) is 3.57. The molecule has 0 radical (unpaired) electrons. The fourth-order valence-corrected chi connectivity index (χ4v) is 1.20. The highest BCUT2D eigenvalue weighted by Gasteiger charge is 2.15. The Kier molecular flexibility index (Phi) is 4.63. The van der Waals surface area contributed by atoms with Gasteiger partial charge in [0, 0.05) is 18.1 Å². The van der Waals surface area contributed by atoms with Gasteiger partial charge in [-0.3, -0.25) is 14.9 Å². The van der Waals surface area contributed by atoms with E-state index in [1.807, 2.05) is 6.07 Å². The van der Waals surface area contributed by atoms with Crippen LogP contribution in [0.2, 0.25) is 0 Å². The number of aldehydes is 1. The van der Waals surface area contributed by atoms with Gasteiger partial charge in [0.1, 0.15) is 6.29 Å². The first kappa shape index (κ1) is 12.6. The second-order valence-corrected chi connectivity index (χ2v) is 3.21. The molecule has 88 valence electrons. The number of rotatable bonds is 6. The SMILES string of the molecule is N#CCCCOc1cc(C=O)ccc1[N+](=O)[O-]. The summed E-state index contributed by atoms with van der Waals surface area (Å²) < 4.78 is 5.19. The monoisotopic (exact) mass is 234 g/mol. The minimum absolute atomic E-state index is 0.0533. The first-order valence-electron chi connectivity index (χ1n) is 4.92. The zero-order valence-electron chi connectivity index (χ0n) is 8.96. The summed E-state index contributed by atoms with van der Waals surface area (Å²) in [6.45, 7) is 0.205. The van der Waals surface area contributed by atoms with Crippen molar-refractivity contribution in [1.29, 1.82) is 5.26 Å². The highest BCUT2D eigenvalue weighted by Crippen LogP contribution is 2.27.